The van der Waals surface area contributed by atoms with Crippen LogP contribution >= 0.6 is 77.0 Å². The quantitative estimate of drug-likeness (QED) is 0.130. The second-order valence-corrected chi connectivity index (χ2v) is 34.9. The van der Waals surface area contributed by atoms with Gasteiger partial charge in [0, 0.05) is 164 Å². The van der Waals surface area contributed by atoms with Crippen molar-refractivity contribution < 1.29 is 81.0 Å². The molecule has 0 atom stereocenters. The minimum absolute atomic E-state index is 0.0717. The van der Waals surface area contributed by atoms with E-state index in [2.05, 4.69) is 139 Å². The number of aryl methyl sites for hydroxylation is 2. The first-order chi connectivity index (χ1) is 50.9. The molecule has 26 heteroatoms. The van der Waals surface area contributed by atoms with E-state index in [0.29, 0.717) is 64.1 Å². The van der Waals surface area contributed by atoms with E-state index in [1.807, 2.05) is 37.7 Å². The molecule has 22 nitrogen and oxygen atoms in total. The van der Waals surface area contributed by atoms with Gasteiger partial charge in [-0.1, -0.05) is 12.2 Å². The SMILES string of the molecule is Brc1cnc(OCC2=CCC3(CC2)OCCO3)c(I)c1.Brc1cnc2c(c1)C1(CCC3(CC1)OCCO3)CO2.Cc1cnc2c(c1)C1(CCC(=O)CC1)CO2.Cc1cnc2c(c1)C1(CCC3(CC1)OCCO3)CO2.Ic1cnc2c(c1)C1(CCC3(CC1)OCCO3)CO2.OCC1=CCC2(CC1)OCCO2. The molecule has 105 heavy (non-hydrogen) atoms. The van der Waals surface area contributed by atoms with Gasteiger partial charge in [-0.3, -0.25) is 4.79 Å². The van der Waals surface area contributed by atoms with Gasteiger partial charge in [-0.05, 0) is 208 Å². The van der Waals surface area contributed by atoms with Crippen LogP contribution in [0, 0.1) is 21.0 Å². The van der Waals surface area contributed by atoms with E-state index < -0.39 is 0 Å². The van der Waals surface area contributed by atoms with Gasteiger partial charge in [-0.25, -0.2) is 24.9 Å². The minimum atomic E-state index is -0.353. The van der Waals surface area contributed by atoms with Gasteiger partial charge in [0.25, 0.3) is 0 Å². The highest BCUT2D eigenvalue weighted by atomic mass is 127. The summed E-state index contributed by atoms with van der Waals surface area (Å²) in [6.45, 7) is 15.1. The van der Waals surface area contributed by atoms with Crippen LogP contribution in [0.3, 0.4) is 0 Å². The van der Waals surface area contributed by atoms with Crippen molar-refractivity contribution in [2.45, 2.75) is 206 Å². The molecule has 6 aliphatic carbocycles. The third-order valence-corrected chi connectivity index (χ3v) is 26.2. The van der Waals surface area contributed by atoms with Gasteiger partial charge in [-0.15, -0.1) is 0 Å². The molecule has 9 fully saturated rings. The molecule has 0 bridgehead atoms. The zero-order valence-corrected chi connectivity index (χ0v) is 67.5. The molecule has 9 aliphatic heterocycles. The molecule has 0 unspecified atom stereocenters. The van der Waals surface area contributed by atoms with Crippen LogP contribution in [-0.2, 0) is 73.8 Å². The van der Waals surface area contributed by atoms with Crippen molar-refractivity contribution in [1.29, 1.82) is 0 Å². The average molecular weight is 1800 g/mol. The first-order valence-corrected chi connectivity index (χ1v) is 41.2. The summed E-state index contributed by atoms with van der Waals surface area (Å²) < 4.78 is 90.3. The number of aromatic nitrogens is 5. The Morgan fingerprint density at radius 2 is 0.762 bits per heavy atom. The van der Waals surface area contributed by atoms with Crippen LogP contribution in [0.25, 0.3) is 0 Å². The van der Waals surface area contributed by atoms with Crippen LogP contribution in [0.1, 0.15) is 175 Å². The summed E-state index contributed by atoms with van der Waals surface area (Å²) >= 11 is 11.4. The maximum Gasteiger partial charge on any atom is 0.227 e. The molecule has 0 amide bonds. The van der Waals surface area contributed by atoms with E-state index in [4.69, 9.17) is 76.2 Å². The topological polar surface area (TPSA) is 240 Å². The fourth-order valence-electron chi connectivity index (χ4n) is 17.6. The second kappa shape index (κ2) is 32.3. The van der Waals surface area contributed by atoms with Crippen molar-refractivity contribution in [2.24, 2.45) is 0 Å². The van der Waals surface area contributed by atoms with Crippen LogP contribution in [-0.4, -0.2) is 170 Å². The van der Waals surface area contributed by atoms with E-state index >= 15 is 0 Å². The molecule has 9 spiro atoms. The van der Waals surface area contributed by atoms with Gasteiger partial charge in [0.2, 0.25) is 29.4 Å². The van der Waals surface area contributed by atoms with E-state index in [-0.39, 0.29) is 57.2 Å². The highest BCUT2D eigenvalue weighted by molar-refractivity contribution is 14.1. The summed E-state index contributed by atoms with van der Waals surface area (Å²) in [6, 6.07) is 10.8. The van der Waals surface area contributed by atoms with Gasteiger partial charge in [0.05, 0.1) is 103 Å². The summed E-state index contributed by atoms with van der Waals surface area (Å²) in [5, 5.41) is 8.87. The Labute approximate surface area is 658 Å². The molecule has 14 heterocycles. The molecule has 0 aromatic carbocycles. The van der Waals surface area contributed by atoms with E-state index in [1.165, 1.54) is 42.5 Å². The summed E-state index contributed by atoms with van der Waals surface area (Å²) in [6.07, 6.45) is 33.9. The van der Waals surface area contributed by atoms with Crippen molar-refractivity contribution in [2.75, 3.05) is 106 Å². The zero-order chi connectivity index (χ0) is 72.4. The predicted molar refractivity (Wildman–Crippen MR) is 409 cm³/mol. The fraction of sp³-hybridized carbons (Fsp3) is 0.620. The molecule has 566 valence electrons. The number of carbonyl (C=O) groups excluding carboxylic acids is 1. The number of carbonyl (C=O) groups is 1. The van der Waals surface area contributed by atoms with Gasteiger partial charge < -0.3 is 76.2 Å². The fourth-order valence-corrected chi connectivity index (χ4v) is 19.8. The number of ether oxygens (including phenoxy) is 15. The Balaban J connectivity index is 0.000000102. The molecule has 5 saturated heterocycles. The lowest BCUT2D eigenvalue weighted by Gasteiger charge is -2.40. The Kier molecular flexibility index (Phi) is 23.5. The number of hydrogen-bond donors (Lipinski definition) is 1. The number of halogens is 4. The van der Waals surface area contributed by atoms with E-state index in [1.54, 1.807) is 12.4 Å². The van der Waals surface area contributed by atoms with Gasteiger partial charge in [0.1, 0.15) is 12.4 Å². The number of aliphatic hydroxyl groups excluding tert-OH is 1. The van der Waals surface area contributed by atoms with E-state index in [9.17, 15) is 4.79 Å². The number of ketones is 1. The maximum atomic E-state index is 11.3. The van der Waals surface area contributed by atoms with Gasteiger partial charge in [-0.2, -0.15) is 0 Å². The average Bonchev–Trinajstić information content (AvgIpc) is 1.62. The highest BCUT2D eigenvalue weighted by Crippen LogP contribution is 2.55. The highest BCUT2D eigenvalue weighted by Gasteiger charge is 2.54. The summed E-state index contributed by atoms with van der Waals surface area (Å²) in [5.74, 6) is 2.70. The number of nitrogens with zero attached hydrogens (tertiary/aromatic N) is 5. The molecular formula is C79H95Br2I2N5O17. The number of Topliss-reactive ketones (excluding diaryl/α,β-unsaturated/α-hetero) is 1. The van der Waals surface area contributed by atoms with Crippen LogP contribution in [0.4, 0.5) is 0 Å². The lowest BCUT2D eigenvalue weighted by Crippen LogP contribution is -2.43. The Morgan fingerprint density at radius 1 is 0.410 bits per heavy atom. The van der Waals surface area contributed by atoms with Crippen molar-refractivity contribution >= 4 is 82.8 Å². The summed E-state index contributed by atoms with van der Waals surface area (Å²) in [5.41, 5.74) is 10.3. The molecule has 15 aliphatic rings. The molecule has 1 N–H and O–H groups in total. The molecule has 4 saturated carbocycles. The first kappa shape index (κ1) is 76.3. The number of rotatable bonds is 4. The summed E-state index contributed by atoms with van der Waals surface area (Å²) in [4.78, 5) is 33.1. The number of fused-ring (bicyclic) bond motifs is 8. The maximum absolute atomic E-state index is 11.3. The first-order valence-electron chi connectivity index (χ1n) is 37.5. The monoisotopic (exact) mass is 1800 g/mol. The van der Waals surface area contributed by atoms with Crippen LogP contribution in [0.2, 0.25) is 0 Å². The Bertz CT molecular complexity index is 3740. The van der Waals surface area contributed by atoms with E-state index in [0.717, 1.165) is 229 Å². The Morgan fingerprint density at radius 3 is 1.16 bits per heavy atom. The third kappa shape index (κ3) is 16.8. The standard InChI is InChI=1S/C15H19NO3.C14H15BrINO3.C14H16BrNO3.C14H16INO3.C13H15NO2.C9H14O3/c1-11-8-12-13(16-9-11)17-10-14(12)2-4-15(5-3-14)18-6-7-19-15;15-11-7-12(16)13(17-8-11)18-9-10-1-3-14(4-2-10)19-5-6-20-14;2*15-10-7-11-12(16-8-10)17-9-13(11)1-3-14(4-2-13)18-5-6-19-14;1-9-6-11-12(14-7-9)16-8-13(11)4-2-10(15)3-5-13;10-7-8-1-3-9(4-2-8)11-5-6-12-9/h8-9H,2-7,10H2,1H3;1,7-8H,2-6,9H2;2*7-8H,1-6,9H2;6-7H,2-5,8H2,1H3;1,10H,2-7H2. The lowest BCUT2D eigenvalue weighted by molar-refractivity contribution is -0.185. The predicted octanol–water partition coefficient (Wildman–Crippen LogP) is 14.4. The number of hydrogen-bond acceptors (Lipinski definition) is 22. The van der Waals surface area contributed by atoms with Crippen molar-refractivity contribution in [3.63, 3.8) is 0 Å². The van der Waals surface area contributed by atoms with Crippen LogP contribution < -0.4 is 23.7 Å². The zero-order valence-electron chi connectivity index (χ0n) is 60.0. The van der Waals surface area contributed by atoms with Crippen molar-refractivity contribution in [3.8, 4) is 29.4 Å². The van der Waals surface area contributed by atoms with Crippen molar-refractivity contribution in [3.05, 3.63) is 134 Å². The molecule has 5 aromatic heterocycles. The minimum Gasteiger partial charge on any atom is -0.476 e. The van der Waals surface area contributed by atoms with Crippen molar-refractivity contribution in [1.82, 2.24) is 24.9 Å². The largest absolute Gasteiger partial charge is 0.476 e. The molecule has 20 rings (SSSR count). The molecule has 0 radical (unpaired) electrons. The van der Waals surface area contributed by atoms with Crippen LogP contribution in [0.5, 0.6) is 29.4 Å². The normalized spacial score (nSPS) is 24.9. The Hall–Kier alpha value is -4.12. The number of pyridine rings is 5. The number of aliphatic hydroxyl groups is 1. The third-order valence-electron chi connectivity index (χ3n) is 24.0. The lowest BCUT2D eigenvalue weighted by atomic mass is 9.69. The van der Waals surface area contributed by atoms with Gasteiger partial charge in [0.15, 0.2) is 28.9 Å². The van der Waals surface area contributed by atoms with Gasteiger partial charge >= 0.3 is 0 Å². The smallest absolute Gasteiger partial charge is 0.227 e. The molecule has 5 aromatic rings. The summed E-state index contributed by atoms with van der Waals surface area (Å²) in [7, 11) is 0. The second-order valence-electron chi connectivity index (χ2n) is 30.6. The molecular weight excluding hydrogens is 1700 g/mol. The van der Waals surface area contributed by atoms with Crippen LogP contribution in [0.15, 0.2) is 93.6 Å².